The molecule has 0 aromatic rings. The number of likely N-dealkylation sites (tertiary alicyclic amines) is 1. The van der Waals surface area contributed by atoms with Crippen molar-refractivity contribution in [1.82, 2.24) is 4.90 Å². The number of nitrogens with zero attached hydrogens (tertiary/aromatic N) is 1. The molecule has 4 nitrogen and oxygen atoms in total. The predicted octanol–water partition coefficient (Wildman–Crippen LogP) is 0.751. The SMILES string of the molecule is CCC(CN)CC(=O)N1CC2CCC(C1)O2. The summed E-state index contributed by atoms with van der Waals surface area (Å²) in [6.45, 7) is 4.28. The van der Waals surface area contributed by atoms with Gasteiger partial charge in [0.25, 0.3) is 0 Å². The fraction of sp³-hybridized carbons (Fsp3) is 0.917. The van der Waals surface area contributed by atoms with Crippen LogP contribution in [-0.4, -0.2) is 42.6 Å². The van der Waals surface area contributed by atoms with Crippen molar-refractivity contribution in [2.75, 3.05) is 19.6 Å². The van der Waals surface area contributed by atoms with Gasteiger partial charge in [0.05, 0.1) is 12.2 Å². The minimum atomic E-state index is 0.262. The molecule has 4 heteroatoms. The number of morpholine rings is 1. The van der Waals surface area contributed by atoms with Gasteiger partial charge in [-0.05, 0) is 25.3 Å². The van der Waals surface area contributed by atoms with E-state index in [2.05, 4.69) is 6.92 Å². The van der Waals surface area contributed by atoms with E-state index in [0.717, 1.165) is 32.4 Å². The van der Waals surface area contributed by atoms with Crippen molar-refractivity contribution in [3.63, 3.8) is 0 Å². The van der Waals surface area contributed by atoms with Gasteiger partial charge in [0.1, 0.15) is 0 Å². The van der Waals surface area contributed by atoms with E-state index in [1.165, 1.54) is 0 Å². The van der Waals surface area contributed by atoms with Crippen molar-refractivity contribution < 1.29 is 9.53 Å². The second-order valence-electron chi connectivity index (χ2n) is 4.97. The third-order valence-electron chi connectivity index (χ3n) is 3.77. The number of carbonyl (C=O) groups excluding carboxylic acids is 1. The van der Waals surface area contributed by atoms with Crippen LogP contribution in [0.25, 0.3) is 0 Å². The summed E-state index contributed by atoms with van der Waals surface area (Å²) in [5, 5.41) is 0. The van der Waals surface area contributed by atoms with Gasteiger partial charge in [-0.3, -0.25) is 4.79 Å². The molecule has 2 aliphatic heterocycles. The minimum absolute atomic E-state index is 0.262. The van der Waals surface area contributed by atoms with Crippen molar-refractivity contribution in [2.24, 2.45) is 11.7 Å². The topological polar surface area (TPSA) is 55.6 Å². The first-order chi connectivity index (χ1) is 7.72. The maximum absolute atomic E-state index is 12.1. The second-order valence-corrected chi connectivity index (χ2v) is 4.97. The van der Waals surface area contributed by atoms with Crippen molar-refractivity contribution in [3.8, 4) is 0 Å². The highest BCUT2D eigenvalue weighted by atomic mass is 16.5. The lowest BCUT2D eigenvalue weighted by Gasteiger charge is -2.33. The smallest absolute Gasteiger partial charge is 0.223 e. The predicted molar refractivity (Wildman–Crippen MR) is 61.9 cm³/mol. The molecule has 0 spiro atoms. The summed E-state index contributed by atoms with van der Waals surface area (Å²) in [7, 11) is 0. The van der Waals surface area contributed by atoms with E-state index >= 15 is 0 Å². The van der Waals surface area contributed by atoms with Crippen molar-refractivity contribution in [3.05, 3.63) is 0 Å². The minimum Gasteiger partial charge on any atom is -0.371 e. The molecule has 0 aromatic heterocycles. The molecule has 2 rings (SSSR count). The van der Waals surface area contributed by atoms with Crippen LogP contribution in [0.3, 0.4) is 0 Å². The summed E-state index contributed by atoms with van der Waals surface area (Å²) in [4.78, 5) is 14.0. The molecule has 2 saturated heterocycles. The zero-order valence-corrected chi connectivity index (χ0v) is 10.0. The van der Waals surface area contributed by atoms with Crippen LogP contribution in [-0.2, 0) is 9.53 Å². The number of nitrogens with two attached hydrogens (primary N) is 1. The van der Waals surface area contributed by atoms with Crippen LogP contribution in [0.15, 0.2) is 0 Å². The molecular formula is C12H22N2O2. The summed E-state index contributed by atoms with van der Waals surface area (Å²) in [5.74, 6) is 0.602. The molecular weight excluding hydrogens is 204 g/mol. The van der Waals surface area contributed by atoms with Crippen LogP contribution in [0.5, 0.6) is 0 Å². The van der Waals surface area contributed by atoms with Crippen molar-refractivity contribution in [2.45, 2.75) is 44.8 Å². The van der Waals surface area contributed by atoms with Crippen LogP contribution in [0, 0.1) is 5.92 Å². The zero-order chi connectivity index (χ0) is 11.5. The lowest BCUT2D eigenvalue weighted by Crippen LogP contribution is -2.46. The highest BCUT2D eigenvalue weighted by Gasteiger charge is 2.35. The Morgan fingerprint density at radius 3 is 2.56 bits per heavy atom. The van der Waals surface area contributed by atoms with Gasteiger partial charge < -0.3 is 15.4 Å². The first-order valence-corrected chi connectivity index (χ1v) is 6.36. The van der Waals surface area contributed by atoms with Gasteiger partial charge in [-0.25, -0.2) is 0 Å². The Morgan fingerprint density at radius 1 is 1.44 bits per heavy atom. The number of hydrogen-bond acceptors (Lipinski definition) is 3. The number of carbonyl (C=O) groups is 1. The fourth-order valence-corrected chi connectivity index (χ4v) is 2.59. The van der Waals surface area contributed by atoms with Gasteiger partial charge in [0.2, 0.25) is 5.91 Å². The van der Waals surface area contributed by atoms with Crippen LogP contribution in [0.2, 0.25) is 0 Å². The molecule has 3 unspecified atom stereocenters. The lowest BCUT2D eigenvalue weighted by atomic mass is 10.0. The molecule has 0 aromatic carbocycles. The second kappa shape index (κ2) is 5.15. The van der Waals surface area contributed by atoms with E-state index in [9.17, 15) is 4.79 Å². The van der Waals surface area contributed by atoms with Crippen LogP contribution >= 0.6 is 0 Å². The standard InChI is InChI=1S/C12H22N2O2/c1-2-9(6-13)5-12(15)14-7-10-3-4-11(8-14)16-10/h9-11H,2-8,13H2,1H3. The average Bonchev–Trinajstić information content (AvgIpc) is 2.64. The first-order valence-electron chi connectivity index (χ1n) is 6.36. The Labute approximate surface area is 97.1 Å². The monoisotopic (exact) mass is 226 g/mol. The molecule has 3 atom stereocenters. The molecule has 92 valence electrons. The third-order valence-corrected chi connectivity index (χ3v) is 3.77. The first kappa shape index (κ1) is 11.9. The van der Waals surface area contributed by atoms with E-state index in [0.29, 0.717) is 31.1 Å². The van der Waals surface area contributed by atoms with Gasteiger partial charge >= 0.3 is 0 Å². The van der Waals surface area contributed by atoms with E-state index in [4.69, 9.17) is 10.5 Å². The summed E-state index contributed by atoms with van der Waals surface area (Å²) in [6.07, 6.45) is 4.40. The molecule has 0 radical (unpaired) electrons. The van der Waals surface area contributed by atoms with E-state index in [-0.39, 0.29) is 5.91 Å². The number of fused-ring (bicyclic) bond motifs is 2. The molecule has 2 N–H and O–H groups in total. The van der Waals surface area contributed by atoms with Crippen LogP contribution in [0.4, 0.5) is 0 Å². The Morgan fingerprint density at radius 2 is 2.06 bits per heavy atom. The molecule has 0 aliphatic carbocycles. The van der Waals surface area contributed by atoms with Crippen LogP contribution < -0.4 is 5.73 Å². The van der Waals surface area contributed by atoms with Gasteiger partial charge in [-0.15, -0.1) is 0 Å². The number of rotatable bonds is 4. The highest BCUT2D eigenvalue weighted by molar-refractivity contribution is 5.76. The van der Waals surface area contributed by atoms with Crippen LogP contribution in [0.1, 0.15) is 32.6 Å². The summed E-state index contributed by atoms with van der Waals surface area (Å²) >= 11 is 0. The Kier molecular flexibility index (Phi) is 3.82. The number of hydrogen-bond donors (Lipinski definition) is 1. The largest absolute Gasteiger partial charge is 0.371 e. The van der Waals surface area contributed by atoms with Crippen molar-refractivity contribution >= 4 is 5.91 Å². The lowest BCUT2D eigenvalue weighted by molar-refractivity contribution is -0.140. The van der Waals surface area contributed by atoms with Gasteiger partial charge in [0.15, 0.2) is 0 Å². The number of ether oxygens (including phenoxy) is 1. The molecule has 0 saturated carbocycles. The van der Waals surface area contributed by atoms with E-state index in [1.54, 1.807) is 0 Å². The Bertz CT molecular complexity index is 241. The number of amides is 1. The zero-order valence-electron chi connectivity index (χ0n) is 10.0. The normalized spacial score (nSPS) is 30.5. The maximum atomic E-state index is 12.1. The highest BCUT2D eigenvalue weighted by Crippen LogP contribution is 2.27. The average molecular weight is 226 g/mol. The molecule has 2 fully saturated rings. The summed E-state index contributed by atoms with van der Waals surface area (Å²) < 4.78 is 5.72. The molecule has 2 aliphatic rings. The van der Waals surface area contributed by atoms with E-state index in [1.807, 2.05) is 4.90 Å². The fourth-order valence-electron chi connectivity index (χ4n) is 2.59. The molecule has 2 heterocycles. The molecule has 2 bridgehead atoms. The summed E-state index contributed by atoms with van der Waals surface area (Å²) in [6, 6.07) is 0. The van der Waals surface area contributed by atoms with Crippen molar-refractivity contribution in [1.29, 1.82) is 0 Å². The van der Waals surface area contributed by atoms with E-state index < -0.39 is 0 Å². The third kappa shape index (κ3) is 2.55. The molecule has 16 heavy (non-hydrogen) atoms. The van der Waals surface area contributed by atoms with Gasteiger partial charge in [0, 0.05) is 19.5 Å². The quantitative estimate of drug-likeness (QED) is 0.769. The molecule has 1 amide bonds. The summed E-state index contributed by atoms with van der Waals surface area (Å²) in [5.41, 5.74) is 5.63. The van der Waals surface area contributed by atoms with Gasteiger partial charge in [-0.2, -0.15) is 0 Å². The Hall–Kier alpha value is -0.610. The Balaban J connectivity index is 1.85. The maximum Gasteiger partial charge on any atom is 0.223 e. The van der Waals surface area contributed by atoms with Gasteiger partial charge in [-0.1, -0.05) is 13.3 Å².